The first kappa shape index (κ1) is 24.5. The average Bonchev–Trinajstić information content (AvgIpc) is 3.06. The number of nitrogens with one attached hydrogen (secondary N) is 1. The number of aryl methyl sites for hydroxylation is 2. The average molecular weight is 482 g/mol. The number of rotatable bonds is 8. The molecule has 0 atom stereocenters. The van der Waals surface area contributed by atoms with Crippen LogP contribution in [-0.2, 0) is 16.1 Å². The van der Waals surface area contributed by atoms with Crippen LogP contribution in [0.1, 0.15) is 33.8 Å². The number of methoxy groups -OCH3 is 1. The van der Waals surface area contributed by atoms with Crippen molar-refractivity contribution in [1.29, 1.82) is 5.26 Å². The summed E-state index contributed by atoms with van der Waals surface area (Å²) in [5.41, 5.74) is 8.42. The van der Waals surface area contributed by atoms with E-state index < -0.39 is 0 Å². The zero-order valence-corrected chi connectivity index (χ0v) is 20.4. The highest BCUT2D eigenvalue weighted by atomic mass is 35.5. The van der Waals surface area contributed by atoms with Crippen molar-refractivity contribution in [3.8, 4) is 11.8 Å². The van der Waals surface area contributed by atoms with Gasteiger partial charge in [-0.3, -0.25) is 4.79 Å². The highest BCUT2D eigenvalue weighted by Gasteiger charge is 2.14. The second-order valence-electron chi connectivity index (χ2n) is 7.37. The lowest BCUT2D eigenvalue weighted by Crippen LogP contribution is -2.20. The molecule has 0 spiro atoms. The number of ether oxygens (including phenoxy) is 1. The van der Waals surface area contributed by atoms with Crippen LogP contribution in [0.3, 0.4) is 0 Å². The maximum atomic E-state index is 12.3. The third-order valence-corrected chi connectivity index (χ3v) is 6.12. The van der Waals surface area contributed by atoms with E-state index >= 15 is 0 Å². The van der Waals surface area contributed by atoms with Crippen molar-refractivity contribution in [2.75, 3.05) is 12.9 Å². The molecule has 0 saturated heterocycles. The molecule has 0 aliphatic rings. The van der Waals surface area contributed by atoms with E-state index in [2.05, 4.69) is 26.1 Å². The van der Waals surface area contributed by atoms with Gasteiger partial charge in [0.25, 0.3) is 0 Å². The van der Waals surface area contributed by atoms with Gasteiger partial charge in [0.2, 0.25) is 5.91 Å². The van der Waals surface area contributed by atoms with Crippen molar-refractivity contribution in [2.24, 2.45) is 5.10 Å². The van der Waals surface area contributed by atoms with E-state index in [1.165, 1.54) is 11.8 Å². The molecule has 0 unspecified atom stereocenters. The molecule has 0 aliphatic heterocycles. The number of nitrogens with zero attached hydrogens (tertiary/aromatic N) is 4. The molecule has 1 amide bonds. The van der Waals surface area contributed by atoms with Crippen LogP contribution in [0, 0.1) is 32.1 Å². The van der Waals surface area contributed by atoms with Crippen molar-refractivity contribution in [2.45, 2.75) is 32.4 Å². The number of aromatic nitrogens is 2. The van der Waals surface area contributed by atoms with Crippen LogP contribution in [0.15, 0.2) is 46.5 Å². The molecule has 9 heteroatoms. The number of halogens is 1. The van der Waals surface area contributed by atoms with Crippen LogP contribution >= 0.6 is 23.4 Å². The molecule has 2 aromatic heterocycles. The number of hydrogen-bond acceptors (Lipinski definition) is 6. The molecule has 1 aromatic carbocycles. The summed E-state index contributed by atoms with van der Waals surface area (Å²) in [5, 5.41) is 14.8. The largest absolute Gasteiger partial charge is 0.380 e. The number of amides is 1. The Bertz CT molecular complexity index is 1230. The van der Waals surface area contributed by atoms with Gasteiger partial charge in [0, 0.05) is 40.5 Å². The number of hydrazone groups is 1. The van der Waals surface area contributed by atoms with Gasteiger partial charge in [-0.2, -0.15) is 10.4 Å². The van der Waals surface area contributed by atoms with Crippen molar-refractivity contribution in [1.82, 2.24) is 15.0 Å². The minimum atomic E-state index is -0.289. The number of carbonyl (C=O) groups is 1. The van der Waals surface area contributed by atoms with Gasteiger partial charge >= 0.3 is 0 Å². The first-order valence-corrected chi connectivity index (χ1v) is 11.5. The van der Waals surface area contributed by atoms with E-state index in [1.54, 1.807) is 13.3 Å². The lowest BCUT2D eigenvalue weighted by Gasteiger charge is -2.09. The molecule has 3 rings (SSSR count). The predicted octanol–water partition coefficient (Wildman–Crippen LogP) is 4.71. The van der Waals surface area contributed by atoms with Gasteiger partial charge in [0.1, 0.15) is 11.1 Å². The molecule has 0 bridgehead atoms. The van der Waals surface area contributed by atoms with Crippen LogP contribution < -0.4 is 5.43 Å². The van der Waals surface area contributed by atoms with Gasteiger partial charge in [-0.05, 0) is 62.7 Å². The van der Waals surface area contributed by atoms with Crippen LogP contribution in [0.25, 0.3) is 5.69 Å². The summed E-state index contributed by atoms with van der Waals surface area (Å²) in [6.07, 6.45) is 1.62. The smallest absolute Gasteiger partial charge is 0.250 e. The summed E-state index contributed by atoms with van der Waals surface area (Å²) in [6, 6.07) is 13.6. The van der Waals surface area contributed by atoms with Crippen molar-refractivity contribution in [3.05, 3.63) is 75.2 Å². The van der Waals surface area contributed by atoms with E-state index in [1.807, 2.05) is 57.2 Å². The summed E-state index contributed by atoms with van der Waals surface area (Å²) >= 11 is 7.19. The van der Waals surface area contributed by atoms with E-state index in [0.717, 1.165) is 33.9 Å². The molecule has 2 heterocycles. The normalized spacial score (nSPS) is 11.0. The molecular weight excluding hydrogens is 458 g/mol. The number of hydrogen-bond donors (Lipinski definition) is 1. The number of pyridine rings is 1. The van der Waals surface area contributed by atoms with E-state index in [-0.39, 0.29) is 11.7 Å². The molecular formula is C24H24ClN5O2S. The Hall–Kier alpha value is -3.12. The summed E-state index contributed by atoms with van der Waals surface area (Å²) in [6.45, 7) is 6.15. The molecule has 0 radical (unpaired) electrons. The first-order chi connectivity index (χ1) is 15.8. The lowest BCUT2D eigenvalue weighted by molar-refractivity contribution is -0.118. The Morgan fingerprint density at radius 1 is 1.30 bits per heavy atom. The number of carbonyl (C=O) groups excluding carboxylic acids is 1. The lowest BCUT2D eigenvalue weighted by atomic mass is 10.1. The third kappa shape index (κ3) is 6.02. The van der Waals surface area contributed by atoms with Gasteiger partial charge < -0.3 is 9.30 Å². The molecule has 3 aromatic rings. The van der Waals surface area contributed by atoms with Crippen LogP contribution in [0.2, 0.25) is 5.02 Å². The standard InChI is InChI=1S/C24H24ClN5O2S/c1-15-9-19(13-32-4)22(11-26)24(28-15)33-14-23(31)29-27-12-18-10-16(2)30(17(18)3)21-7-5-20(25)6-8-21/h5-10,12H,13-14H2,1-4H3,(H,29,31)/b27-12-. The zero-order chi connectivity index (χ0) is 24.0. The minimum Gasteiger partial charge on any atom is -0.380 e. The van der Waals surface area contributed by atoms with Gasteiger partial charge in [0.05, 0.1) is 24.1 Å². The summed E-state index contributed by atoms with van der Waals surface area (Å²) in [7, 11) is 1.57. The highest BCUT2D eigenvalue weighted by Crippen LogP contribution is 2.25. The maximum absolute atomic E-state index is 12.3. The Labute approximate surface area is 202 Å². The van der Waals surface area contributed by atoms with E-state index in [9.17, 15) is 10.1 Å². The van der Waals surface area contributed by atoms with Gasteiger partial charge in [0.15, 0.2) is 0 Å². The monoisotopic (exact) mass is 481 g/mol. The van der Waals surface area contributed by atoms with E-state index in [4.69, 9.17) is 16.3 Å². The fourth-order valence-electron chi connectivity index (χ4n) is 3.45. The van der Waals surface area contributed by atoms with Gasteiger partial charge in [-0.1, -0.05) is 23.4 Å². The fourth-order valence-corrected chi connectivity index (χ4v) is 4.44. The topological polar surface area (TPSA) is 92.3 Å². The Morgan fingerprint density at radius 2 is 2.03 bits per heavy atom. The molecule has 1 N–H and O–H groups in total. The van der Waals surface area contributed by atoms with Crippen LogP contribution in [0.4, 0.5) is 0 Å². The SMILES string of the molecule is COCc1cc(C)nc(SCC(=O)N/N=C\c2cc(C)n(-c3ccc(Cl)cc3)c2C)c1C#N. The molecule has 33 heavy (non-hydrogen) atoms. The summed E-state index contributed by atoms with van der Waals surface area (Å²) < 4.78 is 7.26. The second-order valence-corrected chi connectivity index (χ2v) is 8.77. The molecule has 0 saturated carbocycles. The molecule has 0 aliphatic carbocycles. The van der Waals surface area contributed by atoms with Crippen molar-refractivity contribution < 1.29 is 9.53 Å². The second kappa shape index (κ2) is 11.1. The number of nitriles is 1. The zero-order valence-electron chi connectivity index (χ0n) is 18.8. The fraction of sp³-hybridized carbons (Fsp3) is 0.250. The van der Waals surface area contributed by atoms with Crippen LogP contribution in [-0.4, -0.2) is 34.5 Å². The highest BCUT2D eigenvalue weighted by molar-refractivity contribution is 8.00. The Balaban J connectivity index is 1.65. The quantitative estimate of drug-likeness (QED) is 0.285. The van der Waals surface area contributed by atoms with Crippen molar-refractivity contribution >= 4 is 35.5 Å². The van der Waals surface area contributed by atoms with Gasteiger partial charge in [-0.15, -0.1) is 0 Å². The van der Waals surface area contributed by atoms with E-state index in [0.29, 0.717) is 22.2 Å². The molecule has 0 fully saturated rings. The van der Waals surface area contributed by atoms with Crippen LogP contribution in [0.5, 0.6) is 0 Å². The maximum Gasteiger partial charge on any atom is 0.250 e. The summed E-state index contributed by atoms with van der Waals surface area (Å²) in [5.74, 6) is -0.207. The number of thioether (sulfide) groups is 1. The Morgan fingerprint density at radius 3 is 2.70 bits per heavy atom. The minimum absolute atomic E-state index is 0.0820. The third-order valence-electron chi connectivity index (χ3n) is 4.90. The summed E-state index contributed by atoms with van der Waals surface area (Å²) in [4.78, 5) is 16.7. The number of benzene rings is 1. The van der Waals surface area contributed by atoms with Crippen molar-refractivity contribution in [3.63, 3.8) is 0 Å². The predicted molar refractivity (Wildman–Crippen MR) is 131 cm³/mol. The first-order valence-electron chi connectivity index (χ1n) is 10.1. The Kier molecular flexibility index (Phi) is 8.28. The molecule has 7 nitrogen and oxygen atoms in total. The van der Waals surface area contributed by atoms with Gasteiger partial charge in [-0.25, -0.2) is 10.4 Å². The molecule has 170 valence electrons.